The first kappa shape index (κ1) is 14.0. The number of aromatic carboxylic acids is 1. The molecule has 104 valence electrons. The lowest BCUT2D eigenvalue weighted by Gasteiger charge is -2.09. The summed E-state index contributed by atoms with van der Waals surface area (Å²) in [5, 5.41) is 8.99. The molecular formula is C13H12N2O4S. The lowest BCUT2D eigenvalue weighted by Crippen LogP contribution is -2.16. The first-order valence-electron chi connectivity index (χ1n) is 5.68. The Bertz CT molecular complexity index is 739. The van der Waals surface area contributed by atoms with Crippen molar-refractivity contribution < 1.29 is 18.3 Å². The Morgan fingerprint density at radius 1 is 1.20 bits per heavy atom. The maximum Gasteiger partial charge on any atom is 0.339 e. The Morgan fingerprint density at radius 2 is 1.85 bits per heavy atom. The SMILES string of the molecule is Cc1ccc(S(=O)(=O)Nc2ncccc2C(=O)O)cc1. The molecule has 0 aliphatic rings. The third-order valence-electron chi connectivity index (χ3n) is 2.60. The van der Waals surface area contributed by atoms with Gasteiger partial charge in [-0.3, -0.25) is 4.72 Å². The lowest BCUT2D eigenvalue weighted by molar-refractivity contribution is 0.0697. The summed E-state index contributed by atoms with van der Waals surface area (Å²) in [6.07, 6.45) is 1.32. The van der Waals surface area contributed by atoms with Gasteiger partial charge in [-0.2, -0.15) is 0 Å². The number of nitrogens with zero attached hydrogens (tertiary/aromatic N) is 1. The van der Waals surface area contributed by atoms with Crippen LogP contribution in [-0.2, 0) is 10.0 Å². The van der Waals surface area contributed by atoms with Crippen LogP contribution >= 0.6 is 0 Å². The fourth-order valence-electron chi connectivity index (χ4n) is 1.56. The molecule has 2 N–H and O–H groups in total. The van der Waals surface area contributed by atoms with Crippen molar-refractivity contribution in [3.8, 4) is 0 Å². The zero-order chi connectivity index (χ0) is 14.8. The summed E-state index contributed by atoms with van der Waals surface area (Å²) < 4.78 is 26.5. The second-order valence-corrected chi connectivity index (χ2v) is 5.81. The molecule has 2 aromatic rings. The topological polar surface area (TPSA) is 96.4 Å². The van der Waals surface area contributed by atoms with Gasteiger partial charge in [0.2, 0.25) is 0 Å². The van der Waals surface area contributed by atoms with E-state index in [0.29, 0.717) is 0 Å². The van der Waals surface area contributed by atoms with Gasteiger partial charge >= 0.3 is 5.97 Å². The monoisotopic (exact) mass is 292 g/mol. The molecule has 0 spiro atoms. The van der Waals surface area contributed by atoms with E-state index in [0.717, 1.165) is 5.56 Å². The minimum atomic E-state index is -3.86. The Morgan fingerprint density at radius 3 is 2.45 bits per heavy atom. The molecule has 0 fully saturated rings. The third-order valence-corrected chi connectivity index (χ3v) is 3.96. The van der Waals surface area contributed by atoms with Gasteiger partial charge in [-0.15, -0.1) is 0 Å². The molecule has 0 aliphatic heterocycles. The molecular weight excluding hydrogens is 280 g/mol. The second kappa shape index (κ2) is 5.30. The van der Waals surface area contributed by atoms with E-state index in [1.165, 1.54) is 30.5 Å². The average molecular weight is 292 g/mol. The predicted molar refractivity (Wildman–Crippen MR) is 73.2 cm³/mol. The van der Waals surface area contributed by atoms with Crippen LogP contribution in [0.3, 0.4) is 0 Å². The first-order chi connectivity index (χ1) is 9.40. The van der Waals surface area contributed by atoms with Crippen LogP contribution in [0.1, 0.15) is 15.9 Å². The van der Waals surface area contributed by atoms with Gasteiger partial charge < -0.3 is 5.11 Å². The summed E-state index contributed by atoms with van der Waals surface area (Å²) in [7, 11) is -3.86. The standard InChI is InChI=1S/C13H12N2O4S/c1-9-4-6-10(7-5-9)20(18,19)15-12-11(13(16)17)3-2-8-14-12/h2-8H,1H3,(H,14,15)(H,16,17). The number of benzene rings is 1. The Kier molecular flexibility index (Phi) is 3.71. The zero-order valence-corrected chi connectivity index (χ0v) is 11.4. The van der Waals surface area contributed by atoms with Crippen molar-refractivity contribution in [2.24, 2.45) is 0 Å². The molecule has 0 radical (unpaired) electrons. The van der Waals surface area contributed by atoms with Gasteiger partial charge in [0.25, 0.3) is 10.0 Å². The largest absolute Gasteiger partial charge is 0.478 e. The van der Waals surface area contributed by atoms with Crippen LogP contribution < -0.4 is 4.72 Å². The lowest BCUT2D eigenvalue weighted by atomic mass is 10.2. The number of hydrogen-bond acceptors (Lipinski definition) is 4. The quantitative estimate of drug-likeness (QED) is 0.897. The minimum Gasteiger partial charge on any atom is -0.478 e. The van der Waals surface area contributed by atoms with Gasteiger partial charge in [0.15, 0.2) is 5.82 Å². The molecule has 6 nitrogen and oxygen atoms in total. The predicted octanol–water partition coefficient (Wildman–Crippen LogP) is 1.89. The number of aromatic nitrogens is 1. The number of nitrogens with one attached hydrogen (secondary N) is 1. The van der Waals surface area contributed by atoms with Crippen LogP contribution in [0.25, 0.3) is 0 Å². The highest BCUT2D eigenvalue weighted by molar-refractivity contribution is 7.92. The molecule has 0 bridgehead atoms. The van der Waals surface area contributed by atoms with Crippen molar-refractivity contribution >= 4 is 21.8 Å². The van der Waals surface area contributed by atoms with E-state index >= 15 is 0 Å². The first-order valence-corrected chi connectivity index (χ1v) is 7.16. The third kappa shape index (κ3) is 2.94. The van der Waals surface area contributed by atoms with Crippen molar-refractivity contribution in [3.63, 3.8) is 0 Å². The number of carboxylic acids is 1. The number of hydrogen-bond donors (Lipinski definition) is 2. The molecule has 0 amide bonds. The van der Waals surface area contributed by atoms with E-state index in [9.17, 15) is 13.2 Å². The molecule has 0 aliphatic carbocycles. The van der Waals surface area contributed by atoms with E-state index in [1.54, 1.807) is 12.1 Å². The highest BCUT2D eigenvalue weighted by Crippen LogP contribution is 2.18. The van der Waals surface area contributed by atoms with E-state index < -0.39 is 16.0 Å². The number of pyridine rings is 1. The van der Waals surface area contributed by atoms with Crippen LogP contribution in [0, 0.1) is 6.92 Å². The van der Waals surface area contributed by atoms with Gasteiger partial charge in [-0.25, -0.2) is 18.2 Å². The van der Waals surface area contributed by atoms with Crippen LogP contribution in [0.5, 0.6) is 0 Å². The molecule has 20 heavy (non-hydrogen) atoms. The zero-order valence-electron chi connectivity index (χ0n) is 10.6. The van der Waals surface area contributed by atoms with E-state index in [-0.39, 0.29) is 16.3 Å². The van der Waals surface area contributed by atoms with Crippen molar-refractivity contribution in [1.29, 1.82) is 0 Å². The normalized spacial score (nSPS) is 11.1. The molecule has 7 heteroatoms. The molecule has 0 saturated heterocycles. The van der Waals surface area contributed by atoms with Crippen molar-refractivity contribution in [3.05, 3.63) is 53.7 Å². The van der Waals surface area contributed by atoms with Gasteiger partial charge in [-0.05, 0) is 31.2 Å². The summed E-state index contributed by atoms with van der Waals surface area (Å²) >= 11 is 0. The summed E-state index contributed by atoms with van der Waals surface area (Å²) in [5.74, 6) is -1.46. The van der Waals surface area contributed by atoms with Gasteiger partial charge in [0.1, 0.15) is 5.56 Å². The Balaban J connectivity index is 2.38. The number of carbonyl (C=O) groups is 1. The van der Waals surface area contributed by atoms with Gasteiger partial charge in [0.05, 0.1) is 4.90 Å². The van der Waals surface area contributed by atoms with Crippen LogP contribution in [0.4, 0.5) is 5.82 Å². The molecule has 0 unspecified atom stereocenters. The van der Waals surface area contributed by atoms with Crippen molar-refractivity contribution in [2.75, 3.05) is 4.72 Å². The van der Waals surface area contributed by atoms with E-state index in [1.807, 2.05) is 6.92 Å². The van der Waals surface area contributed by atoms with Crippen molar-refractivity contribution in [1.82, 2.24) is 4.98 Å². The number of anilines is 1. The van der Waals surface area contributed by atoms with E-state index in [4.69, 9.17) is 5.11 Å². The maximum atomic E-state index is 12.1. The summed E-state index contributed by atoms with van der Waals surface area (Å²) in [6.45, 7) is 1.84. The molecule has 2 rings (SSSR count). The summed E-state index contributed by atoms with van der Waals surface area (Å²) in [5.41, 5.74) is 0.719. The maximum absolute atomic E-state index is 12.1. The minimum absolute atomic E-state index is 0.0464. The Hall–Kier alpha value is -2.41. The second-order valence-electron chi connectivity index (χ2n) is 4.12. The fraction of sp³-hybridized carbons (Fsp3) is 0.0769. The number of sulfonamides is 1. The van der Waals surface area contributed by atoms with Crippen molar-refractivity contribution in [2.45, 2.75) is 11.8 Å². The molecule has 0 atom stereocenters. The molecule has 1 aromatic carbocycles. The fourth-order valence-corrected chi connectivity index (χ4v) is 2.59. The molecule has 1 heterocycles. The van der Waals surface area contributed by atoms with E-state index in [2.05, 4.69) is 9.71 Å². The van der Waals surface area contributed by atoms with Gasteiger partial charge in [-0.1, -0.05) is 17.7 Å². The average Bonchev–Trinajstić information content (AvgIpc) is 2.39. The summed E-state index contributed by atoms with van der Waals surface area (Å²) in [6, 6.07) is 8.91. The molecule has 0 saturated carbocycles. The van der Waals surface area contributed by atoms with Crippen LogP contribution in [0.2, 0.25) is 0 Å². The highest BCUT2D eigenvalue weighted by Gasteiger charge is 2.19. The smallest absolute Gasteiger partial charge is 0.339 e. The highest BCUT2D eigenvalue weighted by atomic mass is 32.2. The number of carboxylic acid groups (broad SMARTS) is 1. The summed E-state index contributed by atoms with van der Waals surface area (Å²) in [4.78, 5) is 14.8. The number of aryl methyl sites for hydroxylation is 1. The molecule has 1 aromatic heterocycles. The van der Waals surface area contributed by atoms with Crippen LogP contribution in [0.15, 0.2) is 47.5 Å². The van der Waals surface area contributed by atoms with Gasteiger partial charge in [0, 0.05) is 6.20 Å². The Labute approximate surface area is 116 Å². The number of rotatable bonds is 4. The van der Waals surface area contributed by atoms with Crippen LogP contribution in [-0.4, -0.2) is 24.5 Å².